The number of hydrogen-bond acceptors (Lipinski definition) is 3. The van der Waals surface area contributed by atoms with E-state index in [0.29, 0.717) is 6.54 Å². The zero-order valence-corrected chi connectivity index (χ0v) is 17.6. The van der Waals surface area contributed by atoms with Crippen LogP contribution in [0.1, 0.15) is 22.7 Å². The lowest BCUT2D eigenvalue weighted by Gasteiger charge is -2.49. The average molecular weight is 425 g/mol. The molecular weight excluding hydrogens is 400 g/mol. The Balaban J connectivity index is 1.46. The standard InChI is InChI=1S/C27H24N2O3/c30-26-25(29-24(19-32-27(29)31)22-14-8-3-9-15-22)23(17-16-20-10-4-1-5-11-20)28(26)18-21-12-6-2-7-13-21/h1-17,23-25H,18-19H2/t23-,24-,25+/m1/s1. The van der Waals surface area contributed by atoms with Crippen molar-refractivity contribution in [2.75, 3.05) is 6.61 Å². The number of rotatable bonds is 6. The first kappa shape index (κ1) is 20.1. The lowest BCUT2D eigenvalue weighted by atomic mass is 9.89. The van der Waals surface area contributed by atoms with Crippen LogP contribution in [0.2, 0.25) is 0 Å². The van der Waals surface area contributed by atoms with Crippen LogP contribution in [0.25, 0.3) is 6.08 Å². The van der Waals surface area contributed by atoms with Crippen LogP contribution >= 0.6 is 0 Å². The molecule has 0 aliphatic carbocycles. The monoisotopic (exact) mass is 424 g/mol. The number of ether oxygens (including phenoxy) is 1. The van der Waals surface area contributed by atoms with Crippen molar-refractivity contribution >= 4 is 18.1 Å². The Labute approximate surface area is 187 Å². The van der Waals surface area contributed by atoms with Crippen molar-refractivity contribution in [1.29, 1.82) is 0 Å². The summed E-state index contributed by atoms with van der Waals surface area (Å²) in [5.41, 5.74) is 3.08. The molecule has 3 atom stereocenters. The molecule has 32 heavy (non-hydrogen) atoms. The Morgan fingerprint density at radius 3 is 2.16 bits per heavy atom. The lowest BCUT2D eigenvalue weighted by molar-refractivity contribution is -0.155. The van der Waals surface area contributed by atoms with Gasteiger partial charge in [-0.25, -0.2) is 4.79 Å². The first-order valence-electron chi connectivity index (χ1n) is 10.8. The molecule has 0 spiro atoms. The molecule has 2 heterocycles. The molecule has 5 nitrogen and oxygen atoms in total. The molecule has 2 aliphatic rings. The first-order valence-corrected chi connectivity index (χ1v) is 10.8. The summed E-state index contributed by atoms with van der Waals surface area (Å²) >= 11 is 0. The van der Waals surface area contributed by atoms with E-state index in [1.165, 1.54) is 0 Å². The van der Waals surface area contributed by atoms with E-state index in [9.17, 15) is 9.59 Å². The number of likely N-dealkylation sites (tertiary alicyclic amines) is 1. The molecule has 5 rings (SSSR count). The molecule has 0 N–H and O–H groups in total. The second-order valence-electron chi connectivity index (χ2n) is 8.07. The van der Waals surface area contributed by atoms with Gasteiger partial charge in [-0.05, 0) is 16.7 Å². The van der Waals surface area contributed by atoms with E-state index in [1.54, 1.807) is 4.90 Å². The van der Waals surface area contributed by atoms with Gasteiger partial charge in [0.25, 0.3) is 0 Å². The van der Waals surface area contributed by atoms with Crippen LogP contribution in [-0.2, 0) is 16.1 Å². The van der Waals surface area contributed by atoms with Gasteiger partial charge in [-0.1, -0.05) is 103 Å². The van der Waals surface area contributed by atoms with Gasteiger partial charge < -0.3 is 9.64 Å². The van der Waals surface area contributed by atoms with Crippen LogP contribution in [0.4, 0.5) is 4.79 Å². The fourth-order valence-corrected chi connectivity index (χ4v) is 4.45. The molecule has 3 aromatic rings. The molecule has 160 valence electrons. The Kier molecular flexibility index (Phi) is 5.46. The number of benzene rings is 3. The maximum atomic E-state index is 13.3. The topological polar surface area (TPSA) is 49.9 Å². The summed E-state index contributed by atoms with van der Waals surface area (Å²) in [5.74, 6) is -0.0589. The minimum absolute atomic E-state index is 0.0589. The van der Waals surface area contributed by atoms with Crippen molar-refractivity contribution in [3.8, 4) is 0 Å². The van der Waals surface area contributed by atoms with E-state index >= 15 is 0 Å². The highest BCUT2D eigenvalue weighted by molar-refractivity contribution is 5.94. The molecule has 0 bridgehead atoms. The van der Waals surface area contributed by atoms with Gasteiger partial charge in [-0.2, -0.15) is 0 Å². The van der Waals surface area contributed by atoms with Crippen molar-refractivity contribution in [3.63, 3.8) is 0 Å². The Morgan fingerprint density at radius 2 is 1.47 bits per heavy atom. The van der Waals surface area contributed by atoms with Crippen LogP contribution in [0.15, 0.2) is 97.1 Å². The van der Waals surface area contributed by atoms with E-state index in [4.69, 9.17) is 4.74 Å². The number of nitrogens with zero attached hydrogens (tertiary/aromatic N) is 2. The minimum Gasteiger partial charge on any atom is -0.447 e. The van der Waals surface area contributed by atoms with Crippen LogP contribution in [-0.4, -0.2) is 40.5 Å². The normalized spacial score (nSPS) is 22.8. The molecule has 2 saturated heterocycles. The van der Waals surface area contributed by atoms with Crippen molar-refractivity contribution < 1.29 is 14.3 Å². The number of amides is 2. The van der Waals surface area contributed by atoms with Crippen molar-refractivity contribution in [1.82, 2.24) is 9.80 Å². The summed E-state index contributed by atoms with van der Waals surface area (Å²) in [7, 11) is 0. The third-order valence-electron chi connectivity index (χ3n) is 6.10. The minimum atomic E-state index is -0.584. The van der Waals surface area contributed by atoms with Gasteiger partial charge in [0.05, 0.1) is 12.1 Å². The molecule has 2 fully saturated rings. The smallest absolute Gasteiger partial charge is 0.411 e. The van der Waals surface area contributed by atoms with Gasteiger partial charge in [0.15, 0.2) is 0 Å². The highest BCUT2D eigenvalue weighted by atomic mass is 16.6. The number of carbonyl (C=O) groups excluding carboxylic acids is 2. The van der Waals surface area contributed by atoms with Crippen LogP contribution in [0.3, 0.4) is 0 Å². The zero-order chi connectivity index (χ0) is 21.9. The van der Waals surface area contributed by atoms with E-state index in [0.717, 1.165) is 16.7 Å². The summed E-state index contributed by atoms with van der Waals surface area (Å²) in [4.78, 5) is 29.5. The average Bonchev–Trinajstić information content (AvgIpc) is 3.22. The van der Waals surface area contributed by atoms with E-state index in [2.05, 4.69) is 0 Å². The molecule has 0 radical (unpaired) electrons. The predicted molar refractivity (Wildman–Crippen MR) is 122 cm³/mol. The quantitative estimate of drug-likeness (QED) is 0.540. The molecule has 2 aliphatic heterocycles. The van der Waals surface area contributed by atoms with Gasteiger partial charge in [0, 0.05) is 6.54 Å². The maximum absolute atomic E-state index is 13.3. The van der Waals surface area contributed by atoms with Crippen LogP contribution in [0.5, 0.6) is 0 Å². The summed E-state index contributed by atoms with van der Waals surface area (Å²) in [6, 6.07) is 28.5. The van der Waals surface area contributed by atoms with Gasteiger partial charge >= 0.3 is 6.09 Å². The lowest BCUT2D eigenvalue weighted by Crippen LogP contribution is -2.69. The van der Waals surface area contributed by atoms with Gasteiger partial charge in [0.1, 0.15) is 12.6 Å². The molecule has 0 unspecified atom stereocenters. The largest absolute Gasteiger partial charge is 0.447 e. The second-order valence-corrected chi connectivity index (χ2v) is 8.07. The van der Waals surface area contributed by atoms with Crippen LogP contribution < -0.4 is 0 Å². The summed E-state index contributed by atoms with van der Waals surface area (Å²) in [5, 5.41) is 0. The highest BCUT2D eigenvalue weighted by Crippen LogP contribution is 2.37. The van der Waals surface area contributed by atoms with Crippen molar-refractivity contribution in [3.05, 3.63) is 114 Å². The molecule has 0 saturated carbocycles. The Bertz CT molecular complexity index is 1120. The second kappa shape index (κ2) is 8.71. The number of cyclic esters (lactones) is 1. The van der Waals surface area contributed by atoms with Gasteiger partial charge in [-0.15, -0.1) is 0 Å². The third-order valence-corrected chi connectivity index (χ3v) is 6.10. The summed E-state index contributed by atoms with van der Waals surface area (Å²) in [6.07, 6.45) is 3.61. The van der Waals surface area contributed by atoms with Gasteiger partial charge in [-0.3, -0.25) is 9.69 Å². The fraction of sp³-hybridized carbons (Fsp3) is 0.185. The Hall–Kier alpha value is -3.86. The highest BCUT2D eigenvalue weighted by Gasteiger charge is 2.55. The molecule has 5 heteroatoms. The first-order chi connectivity index (χ1) is 15.7. The maximum Gasteiger partial charge on any atom is 0.411 e. The fourth-order valence-electron chi connectivity index (χ4n) is 4.45. The van der Waals surface area contributed by atoms with Crippen molar-refractivity contribution in [2.24, 2.45) is 0 Å². The molecular formula is C27H24N2O3. The third kappa shape index (κ3) is 3.78. The number of carbonyl (C=O) groups is 2. The summed E-state index contributed by atoms with van der Waals surface area (Å²) in [6.45, 7) is 0.749. The SMILES string of the molecule is O=C1[C@@H](N2C(=O)OC[C@@H]2c2ccccc2)[C@@H](C=Cc2ccccc2)N1Cc1ccccc1. The Morgan fingerprint density at radius 1 is 0.844 bits per heavy atom. The van der Waals surface area contributed by atoms with E-state index < -0.39 is 12.1 Å². The van der Waals surface area contributed by atoms with Crippen molar-refractivity contribution in [2.45, 2.75) is 24.7 Å². The van der Waals surface area contributed by atoms with Crippen LogP contribution in [0, 0.1) is 0 Å². The van der Waals surface area contributed by atoms with E-state index in [-0.39, 0.29) is 24.6 Å². The summed E-state index contributed by atoms with van der Waals surface area (Å²) < 4.78 is 5.39. The number of β-lactam (4-membered cyclic amide) rings is 1. The van der Waals surface area contributed by atoms with E-state index in [1.807, 2.05) is 108 Å². The molecule has 3 aromatic carbocycles. The zero-order valence-electron chi connectivity index (χ0n) is 17.6. The molecule has 0 aromatic heterocycles. The molecule has 2 amide bonds. The van der Waals surface area contributed by atoms with Gasteiger partial charge in [0.2, 0.25) is 5.91 Å². The number of hydrogen-bond donors (Lipinski definition) is 0. The predicted octanol–water partition coefficient (Wildman–Crippen LogP) is 4.67.